The molecule has 2 N–H and O–H groups in total. The molecule has 3 rings (SSSR count). The van der Waals surface area contributed by atoms with Crippen LogP contribution in [0.15, 0.2) is 60.9 Å². The van der Waals surface area contributed by atoms with E-state index < -0.39 is 18.3 Å². The van der Waals surface area contributed by atoms with E-state index in [1.807, 2.05) is 0 Å². The van der Waals surface area contributed by atoms with E-state index in [1.54, 1.807) is 0 Å². The van der Waals surface area contributed by atoms with Crippen molar-refractivity contribution in [3.05, 3.63) is 94.8 Å². The fraction of sp³-hybridized carbons (Fsp3) is 0.136. The first-order chi connectivity index (χ1) is 15.2. The smallest absolute Gasteiger partial charge is 0.270 e. The van der Waals surface area contributed by atoms with Crippen molar-refractivity contribution in [3.8, 4) is 0 Å². The molecule has 1 heterocycles. The zero-order valence-corrected chi connectivity index (χ0v) is 16.0. The summed E-state index contributed by atoms with van der Waals surface area (Å²) < 4.78 is 29.2. The Morgan fingerprint density at radius 2 is 1.47 bits per heavy atom. The molecular weight excluding hydrogens is 387 g/mol. The van der Waals surface area contributed by atoms with Gasteiger partial charge in [-0.1, -0.05) is 36.4 Å². The normalized spacial score (nSPS) is 11.8. The van der Waals surface area contributed by atoms with E-state index in [-0.39, 0.29) is 35.1 Å². The number of carbonyl (C=O) groups is 3. The summed E-state index contributed by atoms with van der Waals surface area (Å²) >= 11 is 0. The number of benzene rings is 2. The van der Waals surface area contributed by atoms with Gasteiger partial charge in [0.25, 0.3) is 11.8 Å². The van der Waals surface area contributed by atoms with Crippen LogP contribution in [-0.4, -0.2) is 27.6 Å². The number of hydrogen-bond acceptors (Lipinski definition) is 5. The molecule has 0 atom stereocenters. The first-order valence-electron chi connectivity index (χ1n) is 9.94. The predicted molar refractivity (Wildman–Crippen MR) is 107 cm³/mol. The summed E-state index contributed by atoms with van der Waals surface area (Å²) in [6.07, 6.45) is 1.03. The van der Waals surface area contributed by atoms with Gasteiger partial charge in [0.2, 0.25) is 0 Å². The maximum absolute atomic E-state index is 13.0. The molecule has 152 valence electrons. The van der Waals surface area contributed by atoms with E-state index in [2.05, 4.69) is 20.6 Å². The average Bonchev–Trinajstić information content (AvgIpc) is 2.78. The zero-order chi connectivity index (χ0) is 23.3. The highest BCUT2D eigenvalue weighted by Crippen LogP contribution is 2.06. The number of nitrogens with zero attached hydrogens (tertiary/aromatic N) is 2. The minimum absolute atomic E-state index is 0.0846. The van der Waals surface area contributed by atoms with Gasteiger partial charge in [-0.15, -0.1) is 0 Å². The summed E-state index contributed by atoms with van der Waals surface area (Å²) in [5.74, 6) is -1.97. The molecule has 8 heteroatoms. The van der Waals surface area contributed by atoms with Crippen LogP contribution in [-0.2, 0) is 13.0 Å². The van der Waals surface area contributed by atoms with E-state index in [0.29, 0.717) is 11.1 Å². The topological polar surface area (TPSA) is 101 Å². The molecule has 7 nitrogen and oxygen atoms in total. The minimum Gasteiger partial charge on any atom is -0.347 e. The summed E-state index contributed by atoms with van der Waals surface area (Å²) in [5, 5.41) is 4.82. The highest BCUT2D eigenvalue weighted by Gasteiger charge is 2.13. The number of Topliss-reactive ketones (excluding diaryl/α,β-unsaturated/α-hetero) is 1. The van der Waals surface area contributed by atoms with Gasteiger partial charge in [-0.2, -0.15) is 0 Å². The van der Waals surface area contributed by atoms with Gasteiger partial charge in [0.1, 0.15) is 23.5 Å². The van der Waals surface area contributed by atoms with Crippen molar-refractivity contribution in [3.63, 3.8) is 0 Å². The van der Waals surface area contributed by atoms with E-state index >= 15 is 0 Å². The second-order valence-electron chi connectivity index (χ2n) is 6.31. The second-order valence-corrected chi connectivity index (χ2v) is 6.31. The van der Waals surface area contributed by atoms with E-state index in [9.17, 15) is 18.8 Å². The molecule has 1 aromatic heterocycles. The molecule has 0 fully saturated rings. The summed E-state index contributed by atoms with van der Waals surface area (Å²) in [7, 11) is 0. The Kier molecular flexibility index (Phi) is 5.74. The number of halogens is 1. The Morgan fingerprint density at radius 1 is 0.900 bits per heavy atom. The SMILES string of the molecule is [2H]C([2H])(NC(=O)c1cc(C(=O)NCc2ccc(F)cc2)ncn1)c1ccc(C(C)=O)cc1. The Balaban J connectivity index is 1.67. The molecule has 0 spiro atoms. The maximum atomic E-state index is 13.0. The number of rotatable bonds is 7. The number of amides is 2. The molecule has 0 unspecified atom stereocenters. The van der Waals surface area contributed by atoms with Crippen molar-refractivity contribution in [2.75, 3.05) is 0 Å². The standard InChI is InChI=1S/C22H19FN4O3/c1-14(28)17-6-2-15(3-7-17)11-24-21(29)19-10-20(27-13-26-19)22(30)25-12-16-4-8-18(23)9-5-16/h2-10,13H,11-12H2,1H3,(H,24,29)(H,25,30)/i11D2. The highest BCUT2D eigenvalue weighted by molar-refractivity contribution is 5.97. The van der Waals surface area contributed by atoms with E-state index in [1.165, 1.54) is 55.5 Å². The first kappa shape index (κ1) is 18.1. The lowest BCUT2D eigenvalue weighted by Gasteiger charge is -2.07. The van der Waals surface area contributed by atoms with Gasteiger partial charge in [0, 0.05) is 24.7 Å². The average molecular weight is 408 g/mol. The van der Waals surface area contributed by atoms with Crippen LogP contribution in [0.25, 0.3) is 0 Å². The van der Waals surface area contributed by atoms with Crippen molar-refractivity contribution in [1.29, 1.82) is 0 Å². The zero-order valence-electron chi connectivity index (χ0n) is 18.0. The third kappa shape index (κ3) is 5.54. The molecule has 0 aliphatic carbocycles. The van der Waals surface area contributed by atoms with Gasteiger partial charge in [-0.3, -0.25) is 14.4 Å². The van der Waals surface area contributed by atoms with Gasteiger partial charge < -0.3 is 10.6 Å². The third-order valence-corrected chi connectivity index (χ3v) is 4.11. The molecule has 2 amide bonds. The Hall–Kier alpha value is -3.94. The number of hydrogen-bond donors (Lipinski definition) is 2. The lowest BCUT2D eigenvalue weighted by Crippen LogP contribution is -2.27. The van der Waals surface area contributed by atoms with Gasteiger partial charge in [0.05, 0.1) is 2.74 Å². The Bertz CT molecular complexity index is 1150. The van der Waals surface area contributed by atoms with Crippen molar-refractivity contribution < 1.29 is 21.5 Å². The van der Waals surface area contributed by atoms with Gasteiger partial charge in [-0.05, 0) is 30.2 Å². The van der Waals surface area contributed by atoms with Crippen LogP contribution in [0.4, 0.5) is 4.39 Å². The lowest BCUT2D eigenvalue weighted by atomic mass is 10.1. The summed E-state index contributed by atoms with van der Waals surface area (Å²) in [6.45, 7) is -0.722. The fourth-order valence-electron chi connectivity index (χ4n) is 2.46. The number of ketones is 1. The monoisotopic (exact) mass is 408 g/mol. The van der Waals surface area contributed by atoms with Gasteiger partial charge in [-0.25, -0.2) is 14.4 Å². The van der Waals surface area contributed by atoms with Crippen LogP contribution in [0.2, 0.25) is 0 Å². The van der Waals surface area contributed by atoms with Crippen LogP contribution >= 0.6 is 0 Å². The predicted octanol–water partition coefficient (Wildman–Crippen LogP) is 2.68. The number of aromatic nitrogens is 2. The molecule has 30 heavy (non-hydrogen) atoms. The van der Waals surface area contributed by atoms with Gasteiger partial charge in [0.15, 0.2) is 5.78 Å². The highest BCUT2D eigenvalue weighted by atomic mass is 19.1. The first-order valence-corrected chi connectivity index (χ1v) is 8.94. The van der Waals surface area contributed by atoms with Crippen molar-refractivity contribution in [2.45, 2.75) is 20.0 Å². The third-order valence-electron chi connectivity index (χ3n) is 4.11. The van der Waals surface area contributed by atoms with E-state index in [4.69, 9.17) is 2.74 Å². The maximum Gasteiger partial charge on any atom is 0.270 e. The van der Waals surface area contributed by atoms with Crippen LogP contribution < -0.4 is 10.6 Å². The Morgan fingerprint density at radius 3 is 2.07 bits per heavy atom. The summed E-state index contributed by atoms with van der Waals surface area (Å²) in [5.41, 5.74) is 0.954. The molecule has 0 aliphatic heterocycles. The molecule has 0 saturated heterocycles. The number of nitrogens with one attached hydrogen (secondary N) is 2. The quantitative estimate of drug-likeness (QED) is 0.586. The second kappa shape index (κ2) is 9.51. The summed E-state index contributed by atoms with van der Waals surface area (Å²) in [6, 6.07) is 12.5. The van der Waals surface area contributed by atoms with Crippen molar-refractivity contribution >= 4 is 17.6 Å². The van der Waals surface area contributed by atoms with Crippen LogP contribution in [0.3, 0.4) is 0 Å². The molecule has 2 aromatic carbocycles. The van der Waals surface area contributed by atoms with Crippen LogP contribution in [0, 0.1) is 5.82 Å². The molecule has 0 saturated carbocycles. The van der Waals surface area contributed by atoms with Crippen LogP contribution in [0.1, 0.15) is 52.1 Å². The molecule has 0 radical (unpaired) electrons. The summed E-state index contributed by atoms with van der Waals surface area (Å²) in [4.78, 5) is 43.9. The molecular formula is C22H19FN4O3. The Labute approximate surface area is 175 Å². The lowest BCUT2D eigenvalue weighted by molar-refractivity contribution is 0.0942. The minimum atomic E-state index is -2.25. The molecule has 3 aromatic rings. The van der Waals surface area contributed by atoms with Gasteiger partial charge >= 0.3 is 0 Å². The van der Waals surface area contributed by atoms with E-state index in [0.717, 1.165) is 12.4 Å². The van der Waals surface area contributed by atoms with Crippen molar-refractivity contribution in [2.24, 2.45) is 0 Å². The number of carbonyl (C=O) groups excluding carboxylic acids is 3. The fourth-order valence-corrected chi connectivity index (χ4v) is 2.46. The molecule has 0 aliphatic rings. The van der Waals surface area contributed by atoms with Crippen molar-refractivity contribution in [1.82, 2.24) is 20.6 Å². The van der Waals surface area contributed by atoms with Crippen LogP contribution in [0.5, 0.6) is 0 Å². The molecule has 0 bridgehead atoms. The largest absolute Gasteiger partial charge is 0.347 e.